The van der Waals surface area contributed by atoms with Gasteiger partial charge in [-0.25, -0.2) is 0 Å². The SMILES string of the molecule is CCC(CC)(c1c(-c2ccc(O)c(O)c2)oc2cc(O)cc(O)c2c1=O)P(=O)(O)O. The van der Waals surface area contributed by atoms with Gasteiger partial charge in [0.05, 0.1) is 5.56 Å². The second-order valence-electron chi connectivity index (χ2n) is 6.96. The Kier molecular flexibility index (Phi) is 5.32. The van der Waals surface area contributed by atoms with Gasteiger partial charge >= 0.3 is 7.60 Å². The van der Waals surface area contributed by atoms with E-state index >= 15 is 0 Å². The molecule has 9 nitrogen and oxygen atoms in total. The molecule has 0 spiro atoms. The van der Waals surface area contributed by atoms with E-state index in [4.69, 9.17) is 4.42 Å². The van der Waals surface area contributed by atoms with Gasteiger partial charge in [-0.15, -0.1) is 0 Å². The van der Waals surface area contributed by atoms with Crippen molar-refractivity contribution in [1.29, 1.82) is 0 Å². The second-order valence-corrected chi connectivity index (χ2v) is 8.90. The standard InChI is InChI=1S/C20H21O9P/c1-3-20(4-2,30(26,27)28)17-18(25)16-14(24)8-11(21)9-15(16)29-19(17)10-5-6-12(22)13(23)7-10/h5-9,21-24H,3-4H2,1-2H3,(H2,26,27,28). The Bertz CT molecular complexity index is 1240. The first-order valence-corrected chi connectivity index (χ1v) is 10.7. The van der Waals surface area contributed by atoms with Crippen molar-refractivity contribution in [2.75, 3.05) is 0 Å². The molecule has 160 valence electrons. The van der Waals surface area contributed by atoms with Gasteiger partial charge in [-0.05, 0) is 31.0 Å². The molecule has 0 unspecified atom stereocenters. The molecule has 0 aliphatic rings. The Balaban J connectivity index is 2.59. The number of phenols is 4. The van der Waals surface area contributed by atoms with Crippen molar-refractivity contribution in [3.05, 3.63) is 46.1 Å². The summed E-state index contributed by atoms with van der Waals surface area (Å²) in [6.45, 7) is 3.03. The van der Waals surface area contributed by atoms with Crippen LogP contribution in [-0.4, -0.2) is 30.2 Å². The third kappa shape index (κ3) is 3.21. The first-order valence-electron chi connectivity index (χ1n) is 9.08. The molecule has 0 saturated heterocycles. The fourth-order valence-corrected chi connectivity index (χ4v) is 5.05. The number of hydrogen-bond donors (Lipinski definition) is 6. The first-order chi connectivity index (χ1) is 14.0. The van der Waals surface area contributed by atoms with Gasteiger partial charge in [0.2, 0.25) is 5.43 Å². The van der Waals surface area contributed by atoms with E-state index in [2.05, 4.69) is 0 Å². The van der Waals surface area contributed by atoms with E-state index in [1.807, 2.05) is 0 Å². The zero-order chi connectivity index (χ0) is 22.4. The van der Waals surface area contributed by atoms with Gasteiger partial charge in [-0.3, -0.25) is 9.36 Å². The molecule has 1 aromatic heterocycles. The van der Waals surface area contributed by atoms with E-state index in [9.17, 15) is 39.6 Å². The van der Waals surface area contributed by atoms with Crippen LogP contribution in [0.4, 0.5) is 0 Å². The highest BCUT2D eigenvalue weighted by Crippen LogP contribution is 2.62. The number of hydrogen-bond acceptors (Lipinski definition) is 7. The van der Waals surface area contributed by atoms with Crippen LogP contribution in [-0.2, 0) is 9.72 Å². The van der Waals surface area contributed by atoms with Crippen molar-refractivity contribution in [3.8, 4) is 34.3 Å². The van der Waals surface area contributed by atoms with Gasteiger partial charge < -0.3 is 34.6 Å². The molecule has 0 aliphatic carbocycles. The zero-order valence-corrected chi connectivity index (χ0v) is 17.1. The maximum atomic E-state index is 13.5. The molecule has 0 amide bonds. The third-order valence-electron chi connectivity index (χ3n) is 5.39. The molecule has 0 aliphatic heterocycles. The molecule has 0 fully saturated rings. The monoisotopic (exact) mass is 436 g/mol. The van der Waals surface area contributed by atoms with E-state index in [1.165, 1.54) is 19.9 Å². The van der Waals surface area contributed by atoms with Gasteiger partial charge in [-0.2, -0.15) is 0 Å². The zero-order valence-electron chi connectivity index (χ0n) is 16.2. The summed E-state index contributed by atoms with van der Waals surface area (Å²) >= 11 is 0. The van der Waals surface area contributed by atoms with Crippen LogP contribution in [0.25, 0.3) is 22.3 Å². The molecular weight excluding hydrogens is 415 g/mol. The number of aromatic hydroxyl groups is 4. The van der Waals surface area contributed by atoms with Crippen LogP contribution >= 0.6 is 7.60 Å². The molecule has 0 radical (unpaired) electrons. The average molecular weight is 436 g/mol. The second kappa shape index (κ2) is 7.36. The van der Waals surface area contributed by atoms with E-state index in [1.54, 1.807) is 0 Å². The molecule has 6 N–H and O–H groups in total. The molecular formula is C20H21O9P. The van der Waals surface area contributed by atoms with Crippen molar-refractivity contribution in [1.82, 2.24) is 0 Å². The maximum Gasteiger partial charge on any atom is 0.336 e. The van der Waals surface area contributed by atoms with Gasteiger partial charge in [-0.1, -0.05) is 13.8 Å². The summed E-state index contributed by atoms with van der Waals surface area (Å²) in [7, 11) is -4.93. The topological polar surface area (TPSA) is 169 Å². The molecule has 0 saturated carbocycles. The highest BCUT2D eigenvalue weighted by atomic mass is 31.2. The predicted octanol–water partition coefficient (Wildman–Crippen LogP) is 3.48. The minimum Gasteiger partial charge on any atom is -0.508 e. The van der Waals surface area contributed by atoms with E-state index in [0.29, 0.717) is 0 Å². The van der Waals surface area contributed by atoms with Crippen molar-refractivity contribution in [2.24, 2.45) is 0 Å². The van der Waals surface area contributed by atoms with Gasteiger partial charge in [0.25, 0.3) is 0 Å². The number of benzene rings is 2. The third-order valence-corrected chi connectivity index (χ3v) is 7.36. The van der Waals surface area contributed by atoms with Crippen molar-refractivity contribution >= 4 is 18.6 Å². The van der Waals surface area contributed by atoms with Gasteiger partial charge in [0.1, 0.15) is 33.4 Å². The van der Waals surface area contributed by atoms with Crippen LogP contribution in [0.2, 0.25) is 0 Å². The molecule has 0 bridgehead atoms. The summed E-state index contributed by atoms with van der Waals surface area (Å²) in [5.41, 5.74) is -1.37. The lowest BCUT2D eigenvalue weighted by atomic mass is 9.88. The molecule has 10 heteroatoms. The van der Waals surface area contributed by atoms with Crippen LogP contribution in [0, 0.1) is 0 Å². The van der Waals surface area contributed by atoms with Crippen LogP contribution in [0.1, 0.15) is 32.3 Å². The summed E-state index contributed by atoms with van der Waals surface area (Å²) < 4.78 is 18.3. The first kappa shape index (κ1) is 21.7. The molecule has 0 atom stereocenters. The van der Waals surface area contributed by atoms with Crippen LogP contribution < -0.4 is 5.43 Å². The largest absolute Gasteiger partial charge is 0.508 e. The van der Waals surface area contributed by atoms with Crippen molar-refractivity contribution in [2.45, 2.75) is 31.8 Å². The minimum absolute atomic E-state index is 0.0712. The fourth-order valence-electron chi connectivity index (χ4n) is 3.74. The summed E-state index contributed by atoms with van der Waals surface area (Å²) in [4.78, 5) is 33.9. The fraction of sp³-hybridized carbons (Fsp3) is 0.250. The Morgan fingerprint density at radius 2 is 1.57 bits per heavy atom. The summed E-state index contributed by atoms with van der Waals surface area (Å²) in [6.07, 6.45) is -0.250. The quantitative estimate of drug-likeness (QED) is 0.259. The molecule has 3 rings (SSSR count). The minimum atomic E-state index is -4.93. The highest BCUT2D eigenvalue weighted by molar-refractivity contribution is 7.53. The van der Waals surface area contributed by atoms with Crippen molar-refractivity contribution in [3.63, 3.8) is 0 Å². The Morgan fingerprint density at radius 1 is 0.933 bits per heavy atom. The lowest BCUT2D eigenvalue weighted by molar-refractivity contribution is 0.313. The van der Waals surface area contributed by atoms with E-state index in [-0.39, 0.29) is 46.4 Å². The average Bonchev–Trinajstić information content (AvgIpc) is 2.64. The smallest absolute Gasteiger partial charge is 0.336 e. The molecule has 3 aromatic rings. The lowest BCUT2D eigenvalue weighted by Gasteiger charge is -2.33. The van der Waals surface area contributed by atoms with Gasteiger partial charge in [0, 0.05) is 17.7 Å². The summed E-state index contributed by atoms with van der Waals surface area (Å²) in [5.74, 6) is -2.21. The number of rotatable bonds is 5. The van der Waals surface area contributed by atoms with Crippen LogP contribution in [0.5, 0.6) is 23.0 Å². The number of fused-ring (bicyclic) bond motifs is 1. The Morgan fingerprint density at radius 3 is 2.10 bits per heavy atom. The molecule has 2 aromatic carbocycles. The lowest BCUT2D eigenvalue weighted by Crippen LogP contribution is -2.32. The summed E-state index contributed by atoms with van der Waals surface area (Å²) in [6, 6.07) is 5.53. The molecule has 30 heavy (non-hydrogen) atoms. The maximum absolute atomic E-state index is 13.5. The Hall–Kier alpha value is -3.00. The van der Waals surface area contributed by atoms with Crippen LogP contribution in [0.3, 0.4) is 0 Å². The van der Waals surface area contributed by atoms with E-state index < -0.39 is 35.4 Å². The van der Waals surface area contributed by atoms with Crippen LogP contribution in [0.15, 0.2) is 39.5 Å². The predicted molar refractivity (Wildman–Crippen MR) is 109 cm³/mol. The molecule has 1 heterocycles. The summed E-state index contributed by atoms with van der Waals surface area (Å²) in [5, 5.41) is 37.2. The normalized spacial score (nSPS) is 12.4. The highest BCUT2D eigenvalue weighted by Gasteiger charge is 2.49. The van der Waals surface area contributed by atoms with Crippen molar-refractivity contribution < 1.29 is 39.2 Å². The Labute approximate surface area is 170 Å². The van der Waals surface area contributed by atoms with Gasteiger partial charge in [0.15, 0.2) is 11.5 Å². The van der Waals surface area contributed by atoms with E-state index in [0.717, 1.165) is 24.3 Å². The number of phenolic OH excluding ortho intramolecular Hbond substituents is 4.